The highest BCUT2D eigenvalue weighted by Gasteiger charge is 2.30. The van der Waals surface area contributed by atoms with E-state index in [9.17, 15) is 9.59 Å². The van der Waals surface area contributed by atoms with E-state index in [1.807, 2.05) is 10.0 Å². The topological polar surface area (TPSA) is 94.6 Å². The Kier molecular flexibility index (Phi) is 5.42. The Labute approximate surface area is 118 Å². The third kappa shape index (κ3) is 3.97. The zero-order chi connectivity index (χ0) is 14.4. The van der Waals surface area contributed by atoms with E-state index >= 15 is 0 Å². The number of hydrazine groups is 2. The molecule has 0 radical (unpaired) electrons. The van der Waals surface area contributed by atoms with Gasteiger partial charge in [-0.25, -0.2) is 19.6 Å². The molecular weight excluding hydrogens is 260 g/mol. The zero-order valence-electron chi connectivity index (χ0n) is 11.7. The number of amides is 4. The molecule has 0 atom stereocenters. The predicted octanol–water partition coefficient (Wildman–Crippen LogP) is 1.74. The average molecular weight is 282 g/mol. The molecule has 0 bridgehead atoms. The van der Waals surface area contributed by atoms with E-state index in [0.717, 1.165) is 51.9 Å². The standard InChI is InChI=1S/C12H22N6O2/c13-11(19)14-15-12(20)18(16-7-3-1-4-8-16)17-9-5-2-6-10-17/h1-10H2,(H2,13,19). The number of carbonyl (C=O) groups excluding carboxylic acids is 2. The summed E-state index contributed by atoms with van der Waals surface area (Å²) in [6.45, 7) is 3.31. The molecule has 2 aliphatic rings. The van der Waals surface area contributed by atoms with Gasteiger partial charge in [0.25, 0.3) is 0 Å². The van der Waals surface area contributed by atoms with Crippen LogP contribution in [-0.2, 0) is 0 Å². The lowest BCUT2D eigenvalue weighted by atomic mass is 10.1. The van der Waals surface area contributed by atoms with Crippen molar-refractivity contribution in [2.75, 3.05) is 26.2 Å². The molecule has 0 aliphatic carbocycles. The highest BCUT2D eigenvalue weighted by Crippen LogP contribution is 2.19. The number of azo groups is 1. The van der Waals surface area contributed by atoms with Crippen molar-refractivity contribution in [1.29, 1.82) is 0 Å². The van der Waals surface area contributed by atoms with Crippen LogP contribution in [0.25, 0.3) is 0 Å². The first-order valence-electron chi connectivity index (χ1n) is 7.23. The summed E-state index contributed by atoms with van der Waals surface area (Å²) < 4.78 is 0. The number of rotatable bonds is 2. The van der Waals surface area contributed by atoms with Gasteiger partial charge in [-0.15, -0.1) is 0 Å². The minimum absolute atomic E-state index is 0.535. The number of nitrogens with two attached hydrogens (primary N) is 1. The van der Waals surface area contributed by atoms with Crippen LogP contribution in [0.3, 0.4) is 0 Å². The van der Waals surface area contributed by atoms with Crippen molar-refractivity contribution in [3.05, 3.63) is 0 Å². The van der Waals surface area contributed by atoms with E-state index in [4.69, 9.17) is 5.73 Å². The highest BCUT2D eigenvalue weighted by atomic mass is 16.2. The molecule has 0 aromatic carbocycles. The van der Waals surface area contributed by atoms with Gasteiger partial charge in [0.1, 0.15) is 0 Å². The fraction of sp³-hybridized carbons (Fsp3) is 0.833. The number of carbonyl (C=O) groups is 2. The van der Waals surface area contributed by atoms with Crippen molar-refractivity contribution < 1.29 is 9.59 Å². The highest BCUT2D eigenvalue weighted by molar-refractivity contribution is 5.78. The van der Waals surface area contributed by atoms with Gasteiger partial charge in [0.15, 0.2) is 0 Å². The Hall–Kier alpha value is -1.54. The summed E-state index contributed by atoms with van der Waals surface area (Å²) in [5, 5.41) is 12.1. The maximum Gasteiger partial charge on any atom is 0.392 e. The molecule has 2 rings (SSSR count). The molecule has 8 nitrogen and oxygen atoms in total. The number of hydrogen-bond donors (Lipinski definition) is 1. The zero-order valence-corrected chi connectivity index (χ0v) is 11.7. The van der Waals surface area contributed by atoms with Crippen LogP contribution in [0.2, 0.25) is 0 Å². The summed E-state index contributed by atoms with van der Waals surface area (Å²) in [4.78, 5) is 22.9. The van der Waals surface area contributed by atoms with Crippen LogP contribution in [0, 0.1) is 0 Å². The molecule has 0 spiro atoms. The summed E-state index contributed by atoms with van der Waals surface area (Å²) in [6, 6.07) is -1.48. The van der Waals surface area contributed by atoms with Gasteiger partial charge < -0.3 is 5.73 Å². The van der Waals surface area contributed by atoms with Crippen LogP contribution in [0.1, 0.15) is 38.5 Å². The second kappa shape index (κ2) is 7.30. The van der Waals surface area contributed by atoms with Crippen LogP contribution in [0.15, 0.2) is 10.2 Å². The molecule has 20 heavy (non-hydrogen) atoms. The fourth-order valence-corrected chi connectivity index (χ4v) is 2.69. The van der Waals surface area contributed by atoms with E-state index in [1.54, 1.807) is 5.12 Å². The lowest BCUT2D eigenvalue weighted by Crippen LogP contribution is -2.58. The molecule has 0 aromatic rings. The first-order valence-corrected chi connectivity index (χ1v) is 7.23. The molecule has 2 fully saturated rings. The van der Waals surface area contributed by atoms with Gasteiger partial charge >= 0.3 is 12.1 Å². The third-order valence-corrected chi connectivity index (χ3v) is 3.61. The average Bonchev–Trinajstić information content (AvgIpc) is 2.48. The Balaban J connectivity index is 2.09. The van der Waals surface area contributed by atoms with Gasteiger partial charge in [0, 0.05) is 26.2 Å². The van der Waals surface area contributed by atoms with Gasteiger partial charge in [-0.3, -0.25) is 0 Å². The number of piperidine rings is 2. The molecule has 2 aliphatic heterocycles. The predicted molar refractivity (Wildman–Crippen MR) is 72.5 cm³/mol. The maximum atomic E-state index is 12.2. The van der Waals surface area contributed by atoms with Crippen molar-refractivity contribution in [2.24, 2.45) is 16.0 Å². The molecule has 4 amide bonds. The summed E-state index contributed by atoms with van der Waals surface area (Å²) >= 11 is 0. The van der Waals surface area contributed by atoms with E-state index < -0.39 is 12.1 Å². The van der Waals surface area contributed by atoms with Crippen molar-refractivity contribution in [2.45, 2.75) is 38.5 Å². The van der Waals surface area contributed by atoms with Crippen LogP contribution in [-0.4, -0.2) is 53.4 Å². The summed E-state index contributed by atoms with van der Waals surface area (Å²) in [5.41, 5.74) is 4.90. The van der Waals surface area contributed by atoms with E-state index in [1.165, 1.54) is 12.8 Å². The van der Waals surface area contributed by atoms with Gasteiger partial charge in [-0.2, -0.15) is 5.12 Å². The fourth-order valence-electron chi connectivity index (χ4n) is 2.69. The summed E-state index contributed by atoms with van der Waals surface area (Å²) in [5.74, 6) is 0. The van der Waals surface area contributed by atoms with E-state index in [2.05, 4.69) is 10.2 Å². The number of urea groups is 2. The van der Waals surface area contributed by atoms with Crippen molar-refractivity contribution in [3.8, 4) is 0 Å². The normalized spacial score (nSPS) is 22.0. The Bertz CT molecular complexity index is 356. The van der Waals surface area contributed by atoms with Crippen LogP contribution < -0.4 is 5.73 Å². The lowest BCUT2D eigenvalue weighted by molar-refractivity contribution is -0.154. The molecule has 2 N–H and O–H groups in total. The molecule has 0 unspecified atom stereocenters. The molecule has 2 saturated heterocycles. The van der Waals surface area contributed by atoms with Gasteiger partial charge in [0.05, 0.1) is 0 Å². The summed E-state index contributed by atoms with van der Waals surface area (Å²) in [7, 11) is 0. The minimum atomic E-state index is -0.949. The largest absolute Gasteiger partial charge is 0.392 e. The summed E-state index contributed by atoms with van der Waals surface area (Å²) in [6.07, 6.45) is 6.60. The van der Waals surface area contributed by atoms with Crippen molar-refractivity contribution in [1.82, 2.24) is 15.1 Å². The quantitative estimate of drug-likeness (QED) is 0.780. The first-order chi connectivity index (χ1) is 9.68. The molecule has 112 valence electrons. The SMILES string of the molecule is NC(=O)N=NC(=O)N(N1CCCCC1)N1CCCCC1. The van der Waals surface area contributed by atoms with Gasteiger partial charge in [0.2, 0.25) is 0 Å². The van der Waals surface area contributed by atoms with Crippen molar-refractivity contribution in [3.63, 3.8) is 0 Å². The number of primary amides is 1. The first kappa shape index (κ1) is 14.9. The van der Waals surface area contributed by atoms with Crippen LogP contribution in [0.5, 0.6) is 0 Å². The Morgan fingerprint density at radius 2 is 1.25 bits per heavy atom. The maximum absolute atomic E-state index is 12.2. The minimum Gasteiger partial charge on any atom is -0.348 e. The van der Waals surface area contributed by atoms with E-state index in [0.29, 0.717) is 0 Å². The second-order valence-corrected chi connectivity index (χ2v) is 5.14. The second-order valence-electron chi connectivity index (χ2n) is 5.14. The number of nitrogens with zero attached hydrogens (tertiary/aromatic N) is 5. The Morgan fingerprint density at radius 3 is 1.65 bits per heavy atom. The number of hydrogen-bond acceptors (Lipinski definition) is 4. The van der Waals surface area contributed by atoms with E-state index in [-0.39, 0.29) is 0 Å². The smallest absolute Gasteiger partial charge is 0.348 e. The van der Waals surface area contributed by atoms with Crippen molar-refractivity contribution >= 4 is 12.1 Å². The van der Waals surface area contributed by atoms with Crippen LogP contribution >= 0.6 is 0 Å². The lowest BCUT2D eigenvalue weighted by Gasteiger charge is -2.43. The molecule has 8 heteroatoms. The molecular formula is C12H22N6O2. The molecule has 0 saturated carbocycles. The monoisotopic (exact) mass is 282 g/mol. The van der Waals surface area contributed by atoms with Crippen LogP contribution in [0.4, 0.5) is 9.59 Å². The molecule has 2 heterocycles. The van der Waals surface area contributed by atoms with Gasteiger partial charge in [-0.1, -0.05) is 23.1 Å². The molecule has 0 aromatic heterocycles. The third-order valence-electron chi connectivity index (χ3n) is 3.61. The van der Waals surface area contributed by atoms with Gasteiger partial charge in [-0.05, 0) is 25.7 Å². The Morgan fingerprint density at radius 1 is 0.800 bits per heavy atom.